The van der Waals surface area contributed by atoms with Gasteiger partial charge in [0.05, 0.1) is 12.9 Å². The normalized spacial score (nSPS) is 22.7. The van der Waals surface area contributed by atoms with Gasteiger partial charge in [-0.15, -0.1) is 0 Å². The number of aliphatic hydroxyl groups excluding tert-OH is 4. The molecular formula is C38H41F3N6O7. The first-order valence-corrected chi connectivity index (χ1v) is 17.4. The number of nitrogens with zero attached hydrogens (tertiary/aromatic N) is 5. The van der Waals surface area contributed by atoms with Gasteiger partial charge < -0.3 is 40.5 Å². The molecule has 2 aliphatic rings. The quantitative estimate of drug-likeness (QED) is 0.115. The van der Waals surface area contributed by atoms with Gasteiger partial charge in [0.15, 0.2) is 23.2 Å². The van der Waals surface area contributed by atoms with Crippen molar-refractivity contribution in [2.24, 2.45) is 11.8 Å². The minimum atomic E-state index is -5.08. The third kappa shape index (κ3) is 8.63. The number of aliphatic hydroxyl groups is 4. The molecule has 5 aromatic rings. The van der Waals surface area contributed by atoms with Crippen molar-refractivity contribution >= 4 is 28.9 Å². The van der Waals surface area contributed by atoms with Crippen LogP contribution in [-0.2, 0) is 16.0 Å². The lowest BCUT2D eigenvalue weighted by molar-refractivity contribution is -0.192. The molecule has 2 aromatic heterocycles. The van der Waals surface area contributed by atoms with Gasteiger partial charge >= 0.3 is 12.1 Å². The summed E-state index contributed by atoms with van der Waals surface area (Å²) in [6.45, 7) is 1.38. The number of aromatic nitrogens is 4. The van der Waals surface area contributed by atoms with E-state index in [9.17, 15) is 33.6 Å². The number of ether oxygens (including phenoxy) is 1. The molecule has 2 fully saturated rings. The Morgan fingerprint density at radius 3 is 1.96 bits per heavy atom. The minimum absolute atomic E-state index is 0.0224. The Morgan fingerprint density at radius 2 is 1.43 bits per heavy atom. The number of carboxylic acids is 1. The first-order valence-electron chi connectivity index (χ1n) is 17.4. The number of fused-ring (bicyclic) bond motifs is 1. The monoisotopic (exact) mass is 750 g/mol. The molecule has 3 aromatic carbocycles. The smallest absolute Gasteiger partial charge is 0.475 e. The van der Waals surface area contributed by atoms with E-state index >= 15 is 0 Å². The Kier molecular flexibility index (Phi) is 12.1. The molecule has 0 unspecified atom stereocenters. The van der Waals surface area contributed by atoms with Crippen molar-refractivity contribution in [2.45, 2.75) is 43.1 Å². The van der Waals surface area contributed by atoms with Gasteiger partial charge in [0, 0.05) is 38.1 Å². The number of carbonyl (C=O) groups is 1. The molecule has 0 saturated carbocycles. The van der Waals surface area contributed by atoms with E-state index in [1.807, 2.05) is 54.6 Å². The first-order chi connectivity index (χ1) is 26.0. The second-order valence-electron chi connectivity index (χ2n) is 13.3. The molecule has 0 spiro atoms. The molecule has 6 N–H and O–H groups in total. The van der Waals surface area contributed by atoms with Crippen LogP contribution in [0.25, 0.3) is 11.2 Å². The molecule has 4 heterocycles. The van der Waals surface area contributed by atoms with Crippen LogP contribution in [0.5, 0.6) is 0 Å². The number of hydrogen-bond donors (Lipinski definition) is 6. The van der Waals surface area contributed by atoms with Crippen LogP contribution in [-0.4, -0.2) is 108 Å². The maximum absolute atomic E-state index is 10.9. The number of imidazole rings is 1. The van der Waals surface area contributed by atoms with Crippen LogP contribution in [0.4, 0.5) is 24.9 Å². The number of carboxylic acid groups (broad SMARTS) is 1. The fourth-order valence-electron chi connectivity index (χ4n) is 6.92. The van der Waals surface area contributed by atoms with Gasteiger partial charge in [-0.25, -0.2) is 9.78 Å². The van der Waals surface area contributed by atoms with Crippen molar-refractivity contribution in [3.8, 4) is 0 Å². The average Bonchev–Trinajstić information content (AvgIpc) is 3.87. The molecule has 2 saturated heterocycles. The maximum atomic E-state index is 10.9. The van der Waals surface area contributed by atoms with Crippen LogP contribution in [0.3, 0.4) is 0 Å². The van der Waals surface area contributed by atoms with Gasteiger partial charge in [-0.3, -0.25) is 4.57 Å². The van der Waals surface area contributed by atoms with E-state index in [2.05, 4.69) is 51.6 Å². The Labute approximate surface area is 308 Å². The molecule has 2 aliphatic heterocycles. The summed E-state index contributed by atoms with van der Waals surface area (Å²) >= 11 is 0. The number of alkyl halides is 3. The van der Waals surface area contributed by atoms with Gasteiger partial charge in [0.2, 0.25) is 5.95 Å². The van der Waals surface area contributed by atoms with Gasteiger partial charge in [-0.2, -0.15) is 23.1 Å². The maximum Gasteiger partial charge on any atom is 0.490 e. The summed E-state index contributed by atoms with van der Waals surface area (Å²) in [6.07, 6.45) is -7.22. The van der Waals surface area contributed by atoms with Crippen molar-refractivity contribution in [2.75, 3.05) is 43.1 Å². The standard InChI is InChI=1S/C36H40N6O5.C2HF3O2/c43-20-27-19-41(18-26(27)16-23-10-4-1-5-11-23)36-39-33(37-17-28(24-12-6-2-7-13-24)25-14-8-3-9-15-25)30-34(40-36)42(22-38-30)35-32(46)31(45)29(21-44)47-35;3-2(4,5)1(6)7/h1-15,22,26-29,31-32,35,43-46H,16-21H2,(H,37,39,40);(H,6,7)/t26-,27+,29-,31-,32-,35-;/m1./s1. The molecule has 16 heteroatoms. The van der Waals surface area contributed by atoms with Crippen molar-refractivity contribution in [3.63, 3.8) is 0 Å². The SMILES string of the molecule is O=C(O)C(F)(F)F.OC[C@@H]1CN(c2nc(NCC(c3ccccc3)c3ccccc3)c3ncn([C@@H]4O[C@H](CO)[C@@H](O)[C@H]4O)c3n2)C[C@H]1Cc1ccccc1. The molecular weight excluding hydrogens is 709 g/mol. The molecule has 7 rings (SSSR count). The first kappa shape index (κ1) is 38.6. The summed E-state index contributed by atoms with van der Waals surface area (Å²) < 4.78 is 39.2. The Bertz CT molecular complexity index is 1930. The molecule has 0 bridgehead atoms. The van der Waals surface area contributed by atoms with E-state index in [0.29, 0.717) is 42.6 Å². The lowest BCUT2D eigenvalue weighted by atomic mass is 9.90. The average molecular weight is 751 g/mol. The number of halogens is 3. The third-order valence-electron chi connectivity index (χ3n) is 9.76. The van der Waals surface area contributed by atoms with E-state index in [4.69, 9.17) is 24.6 Å². The minimum Gasteiger partial charge on any atom is -0.475 e. The van der Waals surface area contributed by atoms with E-state index in [1.165, 1.54) is 11.9 Å². The number of hydrogen-bond acceptors (Lipinski definition) is 11. The van der Waals surface area contributed by atoms with Crippen molar-refractivity contribution < 1.29 is 48.2 Å². The molecule has 13 nitrogen and oxygen atoms in total. The van der Waals surface area contributed by atoms with Gasteiger partial charge in [-0.1, -0.05) is 91.0 Å². The van der Waals surface area contributed by atoms with Crippen LogP contribution in [0.1, 0.15) is 28.8 Å². The van der Waals surface area contributed by atoms with Crippen LogP contribution in [0.2, 0.25) is 0 Å². The van der Waals surface area contributed by atoms with E-state index in [0.717, 1.165) is 17.5 Å². The van der Waals surface area contributed by atoms with Crippen molar-refractivity contribution in [1.29, 1.82) is 0 Å². The van der Waals surface area contributed by atoms with Crippen LogP contribution >= 0.6 is 0 Å². The summed E-state index contributed by atoms with van der Waals surface area (Å²) in [6, 6.07) is 30.9. The topological polar surface area (TPSA) is 186 Å². The number of anilines is 2. The van der Waals surface area contributed by atoms with Gasteiger partial charge in [0.1, 0.15) is 18.3 Å². The molecule has 0 radical (unpaired) electrons. The summed E-state index contributed by atoms with van der Waals surface area (Å²) in [5.74, 6) is -1.50. The Balaban J connectivity index is 0.000000649. The second kappa shape index (κ2) is 16.9. The highest BCUT2D eigenvalue weighted by Crippen LogP contribution is 2.36. The Hall–Kier alpha value is -5.13. The van der Waals surface area contributed by atoms with E-state index in [-0.39, 0.29) is 24.4 Å². The molecule has 54 heavy (non-hydrogen) atoms. The van der Waals surface area contributed by atoms with Crippen LogP contribution < -0.4 is 10.2 Å². The van der Waals surface area contributed by atoms with Gasteiger partial charge in [-0.05, 0) is 29.0 Å². The number of aliphatic carboxylic acids is 1. The van der Waals surface area contributed by atoms with Crippen molar-refractivity contribution in [1.82, 2.24) is 19.5 Å². The zero-order valence-corrected chi connectivity index (χ0v) is 28.9. The number of benzene rings is 3. The summed E-state index contributed by atoms with van der Waals surface area (Å²) in [7, 11) is 0. The molecule has 6 atom stereocenters. The zero-order valence-electron chi connectivity index (χ0n) is 28.9. The number of rotatable bonds is 11. The second-order valence-corrected chi connectivity index (χ2v) is 13.3. The summed E-state index contributed by atoms with van der Waals surface area (Å²) in [4.78, 5) is 25.6. The van der Waals surface area contributed by atoms with Gasteiger partial charge in [0.25, 0.3) is 0 Å². The third-order valence-corrected chi connectivity index (χ3v) is 9.76. The highest BCUT2D eigenvalue weighted by molar-refractivity contribution is 5.84. The van der Waals surface area contributed by atoms with E-state index in [1.54, 1.807) is 4.57 Å². The highest BCUT2D eigenvalue weighted by Gasteiger charge is 2.44. The summed E-state index contributed by atoms with van der Waals surface area (Å²) in [5.41, 5.74) is 4.44. The van der Waals surface area contributed by atoms with Crippen molar-refractivity contribution in [3.05, 3.63) is 114 Å². The highest BCUT2D eigenvalue weighted by atomic mass is 19.4. The zero-order chi connectivity index (χ0) is 38.4. The van der Waals surface area contributed by atoms with Crippen LogP contribution in [0.15, 0.2) is 97.3 Å². The fraction of sp³-hybridized carbons (Fsp3) is 0.368. The lowest BCUT2D eigenvalue weighted by Crippen LogP contribution is -2.33. The Morgan fingerprint density at radius 1 is 0.852 bits per heavy atom. The van der Waals surface area contributed by atoms with E-state index < -0.39 is 43.3 Å². The fourth-order valence-corrected chi connectivity index (χ4v) is 6.92. The molecule has 286 valence electrons. The van der Waals surface area contributed by atoms with Crippen LogP contribution in [0, 0.1) is 11.8 Å². The lowest BCUT2D eigenvalue weighted by Gasteiger charge is -2.22. The largest absolute Gasteiger partial charge is 0.490 e. The number of nitrogens with one attached hydrogen (secondary N) is 1. The summed E-state index contributed by atoms with van der Waals surface area (Å²) in [5, 5.41) is 52.1. The molecule has 0 aliphatic carbocycles. The molecule has 0 amide bonds. The predicted octanol–water partition coefficient (Wildman–Crippen LogP) is 3.60. The predicted molar refractivity (Wildman–Crippen MR) is 192 cm³/mol.